The van der Waals surface area contributed by atoms with Crippen molar-refractivity contribution in [3.05, 3.63) is 17.5 Å². The lowest BCUT2D eigenvalue weighted by Crippen LogP contribution is -1.94. The van der Waals surface area contributed by atoms with Crippen LogP contribution in [0, 0.1) is 0 Å². The SMILES string of the molecule is CCc1cc2n(n1)CCC2. The molecule has 0 bridgehead atoms. The molecule has 2 rings (SSSR count). The molecule has 54 valence electrons. The quantitative estimate of drug-likeness (QED) is 0.570. The highest BCUT2D eigenvalue weighted by Crippen LogP contribution is 2.14. The highest BCUT2D eigenvalue weighted by Gasteiger charge is 2.11. The molecule has 0 spiro atoms. The Morgan fingerprint density at radius 2 is 2.60 bits per heavy atom. The number of aromatic nitrogens is 2. The second-order valence-corrected chi connectivity index (χ2v) is 2.81. The fourth-order valence-electron chi connectivity index (χ4n) is 1.49. The summed E-state index contributed by atoms with van der Waals surface area (Å²) in [4.78, 5) is 0. The molecule has 0 saturated carbocycles. The highest BCUT2D eigenvalue weighted by molar-refractivity contribution is 5.12. The first-order chi connectivity index (χ1) is 4.90. The van der Waals surface area contributed by atoms with Gasteiger partial charge in [0.1, 0.15) is 0 Å². The molecule has 0 radical (unpaired) electrons. The Bertz CT molecular complexity index is 216. The number of hydrogen-bond acceptors (Lipinski definition) is 1. The molecule has 0 fully saturated rings. The zero-order valence-electron chi connectivity index (χ0n) is 6.30. The second kappa shape index (κ2) is 2.11. The third kappa shape index (κ3) is 0.753. The van der Waals surface area contributed by atoms with Gasteiger partial charge >= 0.3 is 0 Å². The van der Waals surface area contributed by atoms with Gasteiger partial charge in [-0.1, -0.05) is 6.92 Å². The van der Waals surface area contributed by atoms with Crippen LogP contribution in [0.25, 0.3) is 0 Å². The summed E-state index contributed by atoms with van der Waals surface area (Å²) in [7, 11) is 0. The van der Waals surface area contributed by atoms with Crippen LogP contribution < -0.4 is 0 Å². The molecule has 0 N–H and O–H groups in total. The molecular weight excluding hydrogens is 124 g/mol. The molecule has 10 heavy (non-hydrogen) atoms. The molecule has 1 aliphatic rings. The summed E-state index contributed by atoms with van der Waals surface area (Å²) in [6, 6.07) is 2.23. The predicted molar refractivity (Wildman–Crippen MR) is 39.9 cm³/mol. The van der Waals surface area contributed by atoms with Crippen molar-refractivity contribution in [1.29, 1.82) is 0 Å². The van der Waals surface area contributed by atoms with E-state index in [-0.39, 0.29) is 0 Å². The van der Waals surface area contributed by atoms with Gasteiger partial charge in [-0.05, 0) is 25.3 Å². The summed E-state index contributed by atoms with van der Waals surface area (Å²) in [5.41, 5.74) is 2.67. The third-order valence-electron chi connectivity index (χ3n) is 2.08. The van der Waals surface area contributed by atoms with Gasteiger partial charge in [0.2, 0.25) is 0 Å². The van der Waals surface area contributed by atoms with Crippen LogP contribution in [-0.4, -0.2) is 9.78 Å². The predicted octanol–water partition coefficient (Wildman–Crippen LogP) is 1.39. The Kier molecular flexibility index (Phi) is 1.26. The van der Waals surface area contributed by atoms with Crippen molar-refractivity contribution in [2.45, 2.75) is 32.7 Å². The minimum Gasteiger partial charge on any atom is -0.269 e. The van der Waals surface area contributed by atoms with Crippen LogP contribution >= 0.6 is 0 Å². The summed E-state index contributed by atoms with van der Waals surface area (Å²) >= 11 is 0. The number of rotatable bonds is 1. The first-order valence-electron chi connectivity index (χ1n) is 3.96. The van der Waals surface area contributed by atoms with Crippen LogP contribution in [0.15, 0.2) is 6.07 Å². The van der Waals surface area contributed by atoms with E-state index < -0.39 is 0 Å². The van der Waals surface area contributed by atoms with E-state index in [0.717, 1.165) is 13.0 Å². The maximum Gasteiger partial charge on any atom is 0.0624 e. The van der Waals surface area contributed by atoms with E-state index in [1.54, 1.807) is 0 Å². The number of aryl methyl sites for hydroxylation is 3. The van der Waals surface area contributed by atoms with Crippen molar-refractivity contribution in [3.8, 4) is 0 Å². The lowest BCUT2D eigenvalue weighted by Gasteiger charge is -1.90. The summed E-state index contributed by atoms with van der Waals surface area (Å²) in [6.45, 7) is 3.29. The second-order valence-electron chi connectivity index (χ2n) is 2.81. The highest BCUT2D eigenvalue weighted by atomic mass is 15.3. The van der Waals surface area contributed by atoms with Crippen LogP contribution in [0.1, 0.15) is 24.7 Å². The average Bonchev–Trinajstić information content (AvgIpc) is 2.42. The largest absolute Gasteiger partial charge is 0.269 e. The van der Waals surface area contributed by atoms with E-state index in [4.69, 9.17) is 0 Å². The minimum atomic E-state index is 1.07. The fourth-order valence-corrected chi connectivity index (χ4v) is 1.49. The average molecular weight is 136 g/mol. The summed E-state index contributed by atoms with van der Waals surface area (Å²) in [5.74, 6) is 0. The lowest BCUT2D eigenvalue weighted by atomic mass is 10.2. The summed E-state index contributed by atoms with van der Waals surface area (Å²) < 4.78 is 2.14. The van der Waals surface area contributed by atoms with Crippen molar-refractivity contribution >= 4 is 0 Å². The molecule has 1 aromatic rings. The number of nitrogens with zero attached hydrogens (tertiary/aromatic N) is 2. The van der Waals surface area contributed by atoms with Gasteiger partial charge in [0.05, 0.1) is 5.69 Å². The molecule has 1 aromatic heterocycles. The molecule has 1 aliphatic heterocycles. The van der Waals surface area contributed by atoms with Crippen LogP contribution in [0.2, 0.25) is 0 Å². The summed E-state index contributed by atoms with van der Waals surface area (Å²) in [6.07, 6.45) is 3.58. The Balaban J connectivity index is 2.37. The van der Waals surface area contributed by atoms with Crippen molar-refractivity contribution in [1.82, 2.24) is 9.78 Å². The van der Waals surface area contributed by atoms with Gasteiger partial charge in [-0.3, -0.25) is 4.68 Å². The molecule has 0 unspecified atom stereocenters. The zero-order valence-corrected chi connectivity index (χ0v) is 6.30. The lowest BCUT2D eigenvalue weighted by molar-refractivity contribution is 0.645. The molecule has 0 aromatic carbocycles. The number of hydrogen-bond donors (Lipinski definition) is 0. The standard InChI is InChI=1S/C8H12N2/c1-2-7-6-8-4-3-5-10(8)9-7/h6H,2-5H2,1H3. The van der Waals surface area contributed by atoms with Crippen molar-refractivity contribution in [2.75, 3.05) is 0 Å². The third-order valence-corrected chi connectivity index (χ3v) is 2.08. The van der Waals surface area contributed by atoms with Crippen molar-refractivity contribution < 1.29 is 0 Å². The topological polar surface area (TPSA) is 17.8 Å². The Hall–Kier alpha value is -0.790. The van der Waals surface area contributed by atoms with Crippen LogP contribution in [0.3, 0.4) is 0 Å². The number of fused-ring (bicyclic) bond motifs is 1. The molecule has 2 heterocycles. The Morgan fingerprint density at radius 3 is 3.30 bits per heavy atom. The Morgan fingerprint density at radius 1 is 1.70 bits per heavy atom. The molecule has 2 heteroatoms. The van der Waals surface area contributed by atoms with Crippen molar-refractivity contribution in [2.24, 2.45) is 0 Å². The summed E-state index contributed by atoms with van der Waals surface area (Å²) in [5, 5.41) is 4.43. The maximum atomic E-state index is 4.43. The Labute approximate surface area is 60.9 Å². The van der Waals surface area contributed by atoms with Crippen LogP contribution in [0.5, 0.6) is 0 Å². The van der Waals surface area contributed by atoms with Crippen molar-refractivity contribution in [3.63, 3.8) is 0 Å². The van der Waals surface area contributed by atoms with Gasteiger partial charge in [-0.2, -0.15) is 5.10 Å². The molecular formula is C8H12N2. The zero-order chi connectivity index (χ0) is 6.97. The molecule has 2 nitrogen and oxygen atoms in total. The van der Waals surface area contributed by atoms with E-state index in [0.29, 0.717) is 0 Å². The molecule has 0 atom stereocenters. The monoisotopic (exact) mass is 136 g/mol. The smallest absolute Gasteiger partial charge is 0.0624 e. The first-order valence-corrected chi connectivity index (χ1v) is 3.96. The van der Waals surface area contributed by atoms with Gasteiger partial charge in [-0.25, -0.2) is 0 Å². The van der Waals surface area contributed by atoms with Crippen LogP contribution in [-0.2, 0) is 19.4 Å². The molecule has 0 aliphatic carbocycles. The molecule has 0 saturated heterocycles. The van der Waals surface area contributed by atoms with Crippen LogP contribution in [0.4, 0.5) is 0 Å². The van der Waals surface area contributed by atoms with E-state index >= 15 is 0 Å². The van der Waals surface area contributed by atoms with Gasteiger partial charge in [0.15, 0.2) is 0 Å². The fraction of sp³-hybridized carbons (Fsp3) is 0.625. The van der Waals surface area contributed by atoms with Gasteiger partial charge in [-0.15, -0.1) is 0 Å². The van der Waals surface area contributed by atoms with Gasteiger partial charge in [0, 0.05) is 12.2 Å². The normalized spacial score (nSPS) is 15.7. The first kappa shape index (κ1) is 5.96. The van der Waals surface area contributed by atoms with Gasteiger partial charge in [0.25, 0.3) is 0 Å². The molecule has 0 amide bonds. The van der Waals surface area contributed by atoms with E-state index in [9.17, 15) is 0 Å². The van der Waals surface area contributed by atoms with E-state index in [2.05, 4.69) is 22.8 Å². The van der Waals surface area contributed by atoms with Gasteiger partial charge < -0.3 is 0 Å². The minimum absolute atomic E-state index is 1.07. The van der Waals surface area contributed by atoms with E-state index in [1.165, 1.54) is 24.2 Å². The van der Waals surface area contributed by atoms with E-state index in [1.807, 2.05) is 0 Å². The maximum absolute atomic E-state index is 4.43.